The van der Waals surface area contributed by atoms with Gasteiger partial charge in [0.1, 0.15) is 5.75 Å². The van der Waals surface area contributed by atoms with Crippen LogP contribution < -0.4 is 15.8 Å². The average molecular weight is 264 g/mol. The van der Waals surface area contributed by atoms with Crippen LogP contribution in [0.2, 0.25) is 0 Å². The molecule has 4 heteroatoms. The van der Waals surface area contributed by atoms with E-state index in [1.54, 1.807) is 7.11 Å². The molecule has 0 aliphatic rings. The molecule has 1 rings (SSSR count). The fraction of sp³-hybridized carbons (Fsp3) is 0.533. The molecule has 1 aromatic rings. The van der Waals surface area contributed by atoms with Crippen molar-refractivity contribution < 1.29 is 9.53 Å². The standard InChI is InChI=1S/C15H24N2O2/c1-10(2)8-14(16)15(18)17-11(3)12-6-5-7-13(9-12)19-4/h5-7,9-11,14H,8,16H2,1-4H3,(H,17,18)/t11?,14-/m0/s1. The summed E-state index contributed by atoms with van der Waals surface area (Å²) in [6, 6.07) is 7.13. The second-order valence-corrected chi connectivity index (χ2v) is 5.24. The van der Waals surface area contributed by atoms with Crippen molar-refractivity contribution in [2.75, 3.05) is 7.11 Å². The lowest BCUT2D eigenvalue weighted by Crippen LogP contribution is -2.42. The maximum atomic E-state index is 11.9. The molecule has 1 aromatic carbocycles. The van der Waals surface area contributed by atoms with Crippen molar-refractivity contribution in [3.8, 4) is 5.75 Å². The third-order valence-electron chi connectivity index (χ3n) is 3.01. The Balaban J connectivity index is 2.63. The molecule has 0 radical (unpaired) electrons. The molecule has 19 heavy (non-hydrogen) atoms. The molecule has 4 nitrogen and oxygen atoms in total. The van der Waals surface area contributed by atoms with E-state index in [1.807, 2.05) is 31.2 Å². The van der Waals surface area contributed by atoms with Crippen LogP contribution in [0.25, 0.3) is 0 Å². The molecule has 1 unspecified atom stereocenters. The second kappa shape index (κ2) is 7.14. The summed E-state index contributed by atoms with van der Waals surface area (Å²) in [5.41, 5.74) is 6.87. The summed E-state index contributed by atoms with van der Waals surface area (Å²) in [6.45, 7) is 6.05. The van der Waals surface area contributed by atoms with Gasteiger partial charge in [0.15, 0.2) is 0 Å². The molecule has 1 amide bonds. The summed E-state index contributed by atoms with van der Waals surface area (Å²) >= 11 is 0. The fourth-order valence-corrected chi connectivity index (χ4v) is 1.93. The first kappa shape index (κ1) is 15.5. The van der Waals surface area contributed by atoms with Crippen molar-refractivity contribution >= 4 is 5.91 Å². The number of rotatable bonds is 6. The lowest BCUT2D eigenvalue weighted by atomic mass is 10.0. The number of carbonyl (C=O) groups is 1. The Morgan fingerprint density at radius 1 is 1.37 bits per heavy atom. The summed E-state index contributed by atoms with van der Waals surface area (Å²) in [6.07, 6.45) is 0.691. The van der Waals surface area contributed by atoms with Crippen molar-refractivity contribution in [3.63, 3.8) is 0 Å². The van der Waals surface area contributed by atoms with Crippen LogP contribution in [0.15, 0.2) is 24.3 Å². The highest BCUT2D eigenvalue weighted by molar-refractivity contribution is 5.81. The van der Waals surface area contributed by atoms with E-state index in [2.05, 4.69) is 19.2 Å². The minimum absolute atomic E-state index is 0.0826. The van der Waals surface area contributed by atoms with Gasteiger partial charge in [0.05, 0.1) is 19.2 Å². The molecule has 0 aliphatic heterocycles. The maximum Gasteiger partial charge on any atom is 0.237 e. The maximum absolute atomic E-state index is 11.9. The smallest absolute Gasteiger partial charge is 0.237 e. The molecule has 0 aliphatic carbocycles. The zero-order chi connectivity index (χ0) is 14.4. The Kier molecular flexibility index (Phi) is 5.83. The van der Waals surface area contributed by atoms with Crippen LogP contribution >= 0.6 is 0 Å². The van der Waals surface area contributed by atoms with Crippen LogP contribution in [0.3, 0.4) is 0 Å². The first-order valence-corrected chi connectivity index (χ1v) is 6.64. The molecule has 0 fully saturated rings. The lowest BCUT2D eigenvalue weighted by Gasteiger charge is -2.19. The van der Waals surface area contributed by atoms with Gasteiger partial charge in [0.25, 0.3) is 0 Å². The molecule has 0 saturated heterocycles. The summed E-state index contributed by atoms with van der Waals surface area (Å²) in [4.78, 5) is 11.9. The van der Waals surface area contributed by atoms with Gasteiger partial charge in [-0.3, -0.25) is 4.79 Å². The van der Waals surface area contributed by atoms with Crippen LogP contribution in [-0.2, 0) is 4.79 Å². The van der Waals surface area contributed by atoms with Crippen molar-refractivity contribution in [1.29, 1.82) is 0 Å². The Bertz CT molecular complexity index is 418. The normalized spacial score (nSPS) is 14.0. The molecule has 3 N–H and O–H groups in total. The highest BCUT2D eigenvalue weighted by atomic mass is 16.5. The van der Waals surface area contributed by atoms with Crippen molar-refractivity contribution in [2.24, 2.45) is 11.7 Å². The Labute approximate surface area is 115 Å². The van der Waals surface area contributed by atoms with E-state index in [9.17, 15) is 4.79 Å². The molecule has 106 valence electrons. The minimum atomic E-state index is -0.451. The first-order valence-electron chi connectivity index (χ1n) is 6.64. The molecule has 0 heterocycles. The van der Waals surface area contributed by atoms with Gasteiger partial charge in [-0.05, 0) is 37.0 Å². The third kappa shape index (κ3) is 4.91. The zero-order valence-electron chi connectivity index (χ0n) is 12.1. The zero-order valence-corrected chi connectivity index (χ0v) is 12.1. The van der Waals surface area contributed by atoms with Crippen LogP contribution in [0.5, 0.6) is 5.75 Å². The summed E-state index contributed by atoms with van der Waals surface area (Å²) in [5, 5.41) is 2.93. The fourth-order valence-electron chi connectivity index (χ4n) is 1.93. The van der Waals surface area contributed by atoms with E-state index in [0.29, 0.717) is 12.3 Å². The van der Waals surface area contributed by atoms with Gasteiger partial charge >= 0.3 is 0 Å². The highest BCUT2D eigenvalue weighted by Crippen LogP contribution is 2.18. The predicted octanol–water partition coefficient (Wildman–Crippen LogP) is 2.25. The molecule has 0 aromatic heterocycles. The van der Waals surface area contributed by atoms with Gasteiger partial charge in [-0.1, -0.05) is 26.0 Å². The minimum Gasteiger partial charge on any atom is -0.497 e. The van der Waals surface area contributed by atoms with Gasteiger partial charge < -0.3 is 15.8 Å². The summed E-state index contributed by atoms with van der Waals surface area (Å²) in [7, 11) is 1.63. The number of hydrogen-bond donors (Lipinski definition) is 2. The van der Waals surface area contributed by atoms with Crippen LogP contribution in [0.1, 0.15) is 38.8 Å². The average Bonchev–Trinajstić information content (AvgIpc) is 2.37. The van der Waals surface area contributed by atoms with Gasteiger partial charge in [-0.2, -0.15) is 0 Å². The Morgan fingerprint density at radius 3 is 2.63 bits per heavy atom. The van der Waals surface area contributed by atoms with Gasteiger partial charge in [0, 0.05) is 0 Å². The number of hydrogen-bond acceptors (Lipinski definition) is 3. The second-order valence-electron chi connectivity index (χ2n) is 5.24. The predicted molar refractivity (Wildman–Crippen MR) is 77.0 cm³/mol. The van der Waals surface area contributed by atoms with Crippen LogP contribution in [0.4, 0.5) is 0 Å². The van der Waals surface area contributed by atoms with Crippen molar-refractivity contribution in [3.05, 3.63) is 29.8 Å². The first-order chi connectivity index (χ1) is 8.93. The van der Waals surface area contributed by atoms with E-state index < -0.39 is 6.04 Å². The molecule has 2 atom stereocenters. The number of methoxy groups -OCH3 is 1. The number of ether oxygens (including phenoxy) is 1. The van der Waals surface area contributed by atoms with Gasteiger partial charge in [-0.15, -0.1) is 0 Å². The van der Waals surface area contributed by atoms with Crippen molar-refractivity contribution in [2.45, 2.75) is 39.3 Å². The molecule has 0 bridgehead atoms. The highest BCUT2D eigenvalue weighted by Gasteiger charge is 2.17. The monoisotopic (exact) mass is 264 g/mol. The number of amides is 1. The quantitative estimate of drug-likeness (QED) is 0.828. The molecule has 0 spiro atoms. The SMILES string of the molecule is COc1cccc(C(C)NC(=O)[C@@H](N)CC(C)C)c1. The van der Waals surface area contributed by atoms with E-state index >= 15 is 0 Å². The molecular formula is C15H24N2O2. The molecule has 0 saturated carbocycles. The van der Waals surface area contributed by atoms with E-state index in [1.165, 1.54) is 0 Å². The van der Waals surface area contributed by atoms with Crippen LogP contribution in [0, 0.1) is 5.92 Å². The van der Waals surface area contributed by atoms with Gasteiger partial charge in [0.2, 0.25) is 5.91 Å². The van der Waals surface area contributed by atoms with Gasteiger partial charge in [-0.25, -0.2) is 0 Å². The lowest BCUT2D eigenvalue weighted by molar-refractivity contribution is -0.123. The molecular weight excluding hydrogens is 240 g/mol. The Hall–Kier alpha value is -1.55. The topological polar surface area (TPSA) is 64.3 Å². The summed E-state index contributed by atoms with van der Waals surface area (Å²) < 4.78 is 5.17. The number of benzene rings is 1. The third-order valence-corrected chi connectivity index (χ3v) is 3.01. The number of nitrogens with one attached hydrogen (secondary N) is 1. The van der Waals surface area contributed by atoms with Crippen molar-refractivity contribution in [1.82, 2.24) is 5.32 Å². The van der Waals surface area contributed by atoms with E-state index in [-0.39, 0.29) is 11.9 Å². The summed E-state index contributed by atoms with van der Waals surface area (Å²) in [5.74, 6) is 1.09. The number of nitrogens with two attached hydrogens (primary N) is 1. The van der Waals surface area contributed by atoms with Crippen LogP contribution in [-0.4, -0.2) is 19.1 Å². The Morgan fingerprint density at radius 2 is 2.05 bits per heavy atom. The van der Waals surface area contributed by atoms with E-state index in [0.717, 1.165) is 11.3 Å². The van der Waals surface area contributed by atoms with E-state index in [4.69, 9.17) is 10.5 Å². The number of carbonyl (C=O) groups excluding carboxylic acids is 1. The largest absolute Gasteiger partial charge is 0.497 e.